The molecule has 0 unspecified atom stereocenters. The van der Waals surface area contributed by atoms with Gasteiger partial charge >= 0.3 is 10.1 Å². The Balaban J connectivity index is 1.81. The Hall–Kier alpha value is -2.53. The van der Waals surface area contributed by atoms with E-state index in [0.717, 1.165) is 29.2 Å². The second kappa shape index (κ2) is 7.79. The predicted molar refractivity (Wildman–Crippen MR) is 103 cm³/mol. The molecule has 0 aliphatic carbocycles. The molecule has 0 aromatic heterocycles. The van der Waals surface area contributed by atoms with Gasteiger partial charge in [0.25, 0.3) is 0 Å². The molecule has 0 radical (unpaired) electrons. The van der Waals surface area contributed by atoms with Crippen LogP contribution in [0.5, 0.6) is 11.5 Å². The lowest BCUT2D eigenvalue weighted by atomic mass is 10.1. The molecule has 136 valence electrons. The van der Waals surface area contributed by atoms with Crippen molar-refractivity contribution in [3.8, 4) is 11.5 Å². The van der Waals surface area contributed by atoms with Crippen LogP contribution in [-0.4, -0.2) is 15.0 Å². The van der Waals surface area contributed by atoms with Crippen molar-refractivity contribution >= 4 is 20.9 Å². The Bertz CT molecular complexity index is 1010. The van der Waals surface area contributed by atoms with Gasteiger partial charge in [-0.1, -0.05) is 43.7 Å². The van der Waals surface area contributed by atoms with Gasteiger partial charge in [0, 0.05) is 0 Å². The van der Waals surface area contributed by atoms with Crippen molar-refractivity contribution in [1.82, 2.24) is 0 Å². The molecule has 0 saturated carbocycles. The van der Waals surface area contributed by atoms with Crippen molar-refractivity contribution in [2.45, 2.75) is 31.6 Å². The summed E-state index contributed by atoms with van der Waals surface area (Å²) in [6, 6.07) is 17.7. The Kier molecular flexibility index (Phi) is 5.47. The van der Waals surface area contributed by atoms with Crippen molar-refractivity contribution in [2.24, 2.45) is 0 Å². The average Bonchev–Trinajstić information content (AvgIpc) is 2.62. The van der Waals surface area contributed by atoms with E-state index in [2.05, 4.69) is 6.92 Å². The zero-order valence-corrected chi connectivity index (χ0v) is 15.8. The van der Waals surface area contributed by atoms with E-state index in [1.165, 1.54) is 6.07 Å². The predicted octanol–water partition coefficient (Wildman–Crippen LogP) is 5.09. The smallest absolute Gasteiger partial charge is 0.339 e. The fourth-order valence-corrected chi connectivity index (χ4v) is 3.67. The molecule has 0 aliphatic rings. The van der Waals surface area contributed by atoms with E-state index < -0.39 is 10.1 Å². The van der Waals surface area contributed by atoms with E-state index in [1.807, 2.05) is 37.3 Å². The molecule has 4 nitrogen and oxygen atoms in total. The van der Waals surface area contributed by atoms with Crippen molar-refractivity contribution in [2.75, 3.05) is 6.61 Å². The Labute approximate surface area is 154 Å². The highest BCUT2D eigenvalue weighted by molar-refractivity contribution is 7.87. The van der Waals surface area contributed by atoms with Crippen LogP contribution in [0.15, 0.2) is 65.6 Å². The summed E-state index contributed by atoms with van der Waals surface area (Å²) in [4.78, 5) is 0.117. The largest absolute Gasteiger partial charge is 0.493 e. The molecule has 0 atom stereocenters. The molecule has 3 rings (SSSR count). The summed E-state index contributed by atoms with van der Waals surface area (Å²) in [5.74, 6) is 0.993. The molecular weight excluding hydrogens is 348 g/mol. The van der Waals surface area contributed by atoms with Crippen molar-refractivity contribution in [3.63, 3.8) is 0 Å². The first-order chi connectivity index (χ1) is 12.5. The first-order valence-electron chi connectivity index (χ1n) is 8.66. The molecule has 0 saturated heterocycles. The number of aryl methyl sites for hydroxylation is 1. The summed E-state index contributed by atoms with van der Waals surface area (Å²) in [5.41, 5.74) is 0.768. The van der Waals surface area contributed by atoms with E-state index >= 15 is 0 Å². The van der Waals surface area contributed by atoms with E-state index in [1.54, 1.807) is 24.3 Å². The van der Waals surface area contributed by atoms with Crippen LogP contribution in [0.1, 0.15) is 25.3 Å². The van der Waals surface area contributed by atoms with Gasteiger partial charge in [0.05, 0.1) is 6.61 Å². The monoisotopic (exact) mass is 370 g/mol. The summed E-state index contributed by atoms with van der Waals surface area (Å²) in [7, 11) is -3.90. The van der Waals surface area contributed by atoms with E-state index in [9.17, 15) is 8.42 Å². The lowest BCUT2D eigenvalue weighted by Crippen LogP contribution is -2.10. The SMILES string of the molecule is CCCCOc1ccc(S(=O)(=O)Oc2ccc3ccccc3c2)cc1C. The molecule has 0 heterocycles. The van der Waals surface area contributed by atoms with Crippen LogP contribution in [0, 0.1) is 6.92 Å². The summed E-state index contributed by atoms with van der Waals surface area (Å²) in [6.45, 7) is 4.55. The van der Waals surface area contributed by atoms with Gasteiger partial charge in [0.2, 0.25) is 0 Å². The highest BCUT2D eigenvalue weighted by atomic mass is 32.2. The van der Waals surface area contributed by atoms with Gasteiger partial charge in [-0.15, -0.1) is 0 Å². The minimum atomic E-state index is -3.90. The summed E-state index contributed by atoms with van der Waals surface area (Å²) in [5, 5.41) is 1.96. The minimum absolute atomic E-state index is 0.117. The van der Waals surface area contributed by atoms with Crippen LogP contribution in [0.4, 0.5) is 0 Å². The first-order valence-corrected chi connectivity index (χ1v) is 10.1. The first kappa shape index (κ1) is 18.3. The Morgan fingerprint density at radius 1 is 0.923 bits per heavy atom. The van der Waals surface area contributed by atoms with Crippen LogP contribution in [0.25, 0.3) is 10.8 Å². The van der Waals surface area contributed by atoms with Crippen LogP contribution in [0.3, 0.4) is 0 Å². The Morgan fingerprint density at radius 3 is 2.42 bits per heavy atom. The zero-order chi connectivity index (χ0) is 18.6. The van der Waals surface area contributed by atoms with E-state index in [-0.39, 0.29) is 4.90 Å². The molecule has 0 N–H and O–H groups in total. The number of hydrogen-bond donors (Lipinski definition) is 0. The molecule has 26 heavy (non-hydrogen) atoms. The van der Waals surface area contributed by atoms with Crippen LogP contribution in [-0.2, 0) is 10.1 Å². The molecule has 0 fully saturated rings. The van der Waals surface area contributed by atoms with Crippen LogP contribution < -0.4 is 8.92 Å². The quantitative estimate of drug-likeness (QED) is 0.429. The number of benzene rings is 3. The average molecular weight is 370 g/mol. The van der Waals surface area contributed by atoms with Gasteiger partial charge in [-0.25, -0.2) is 0 Å². The fraction of sp³-hybridized carbons (Fsp3) is 0.238. The van der Waals surface area contributed by atoms with Crippen molar-refractivity contribution < 1.29 is 17.3 Å². The maximum atomic E-state index is 12.6. The topological polar surface area (TPSA) is 52.6 Å². The maximum Gasteiger partial charge on any atom is 0.339 e. The highest BCUT2D eigenvalue weighted by Crippen LogP contribution is 2.26. The van der Waals surface area contributed by atoms with Crippen LogP contribution >= 0.6 is 0 Å². The zero-order valence-electron chi connectivity index (χ0n) is 14.9. The molecule has 3 aromatic rings. The highest BCUT2D eigenvalue weighted by Gasteiger charge is 2.18. The van der Waals surface area contributed by atoms with Gasteiger partial charge in [0.15, 0.2) is 0 Å². The number of ether oxygens (including phenoxy) is 1. The van der Waals surface area contributed by atoms with Crippen LogP contribution in [0.2, 0.25) is 0 Å². The molecular formula is C21H22O4S. The normalized spacial score (nSPS) is 11.5. The number of rotatable bonds is 7. The van der Waals surface area contributed by atoms with E-state index in [0.29, 0.717) is 18.1 Å². The number of fused-ring (bicyclic) bond motifs is 1. The van der Waals surface area contributed by atoms with Gasteiger partial charge in [-0.05, 0) is 60.0 Å². The lowest BCUT2D eigenvalue weighted by Gasteiger charge is -2.12. The van der Waals surface area contributed by atoms with Gasteiger partial charge < -0.3 is 8.92 Å². The van der Waals surface area contributed by atoms with Gasteiger partial charge in [-0.3, -0.25) is 0 Å². The second-order valence-corrected chi connectivity index (χ2v) is 7.72. The second-order valence-electron chi connectivity index (χ2n) is 6.18. The third kappa shape index (κ3) is 4.17. The summed E-state index contributed by atoms with van der Waals surface area (Å²) < 4.78 is 36.2. The standard InChI is InChI=1S/C21H22O4S/c1-3-4-13-24-21-12-11-20(14-16(21)2)26(22,23)25-19-10-9-17-7-5-6-8-18(17)15-19/h5-12,14-15H,3-4,13H2,1-2H3. The molecule has 0 aliphatic heterocycles. The van der Waals surface area contributed by atoms with Crippen molar-refractivity contribution in [3.05, 3.63) is 66.2 Å². The number of unbranched alkanes of at least 4 members (excludes halogenated alkanes) is 1. The Morgan fingerprint density at radius 2 is 1.69 bits per heavy atom. The van der Waals surface area contributed by atoms with Gasteiger partial charge in [-0.2, -0.15) is 8.42 Å². The lowest BCUT2D eigenvalue weighted by molar-refractivity contribution is 0.307. The fourth-order valence-electron chi connectivity index (χ4n) is 2.66. The number of hydrogen-bond acceptors (Lipinski definition) is 4. The maximum absolute atomic E-state index is 12.6. The third-order valence-corrected chi connectivity index (χ3v) is 5.36. The van der Waals surface area contributed by atoms with Gasteiger partial charge in [0.1, 0.15) is 16.4 Å². The minimum Gasteiger partial charge on any atom is -0.493 e. The van der Waals surface area contributed by atoms with Crippen molar-refractivity contribution in [1.29, 1.82) is 0 Å². The third-order valence-electron chi connectivity index (χ3n) is 4.12. The van der Waals surface area contributed by atoms with E-state index in [4.69, 9.17) is 8.92 Å². The molecule has 0 spiro atoms. The molecule has 5 heteroatoms. The molecule has 3 aromatic carbocycles. The molecule has 0 bridgehead atoms. The summed E-state index contributed by atoms with van der Waals surface area (Å²) >= 11 is 0. The summed E-state index contributed by atoms with van der Waals surface area (Å²) in [6.07, 6.45) is 2.01. The molecule has 0 amide bonds.